The number of hydrazone groups is 2. The van der Waals surface area contributed by atoms with Crippen LogP contribution in [0.2, 0.25) is 0 Å². The van der Waals surface area contributed by atoms with E-state index in [9.17, 15) is 13.2 Å². The minimum Gasteiger partial charge on any atom is -0.277 e. The molecule has 8 nitrogen and oxygen atoms in total. The molecule has 0 spiro atoms. The SMILES string of the molecule is CC(=N\NC(=O)c1nc2ccccc2s1)/C(=N/Nc1ccccc1)S(=O)(=O)c1ccccc1. The molecule has 0 saturated carbocycles. The maximum Gasteiger partial charge on any atom is 0.300 e. The monoisotopic (exact) mass is 477 g/mol. The molecule has 0 saturated heterocycles. The van der Waals surface area contributed by atoms with Crippen molar-refractivity contribution in [3.05, 3.63) is 89.9 Å². The first kappa shape index (κ1) is 22.3. The van der Waals surface area contributed by atoms with E-state index in [1.54, 1.807) is 42.5 Å². The van der Waals surface area contributed by atoms with E-state index in [0.29, 0.717) is 11.2 Å². The number of rotatable bonds is 6. The first-order valence-corrected chi connectivity index (χ1v) is 12.1. The highest BCUT2D eigenvalue weighted by molar-refractivity contribution is 8.08. The molecule has 2 N–H and O–H groups in total. The van der Waals surface area contributed by atoms with Crippen molar-refractivity contribution in [2.45, 2.75) is 11.8 Å². The number of benzene rings is 3. The Bertz CT molecular complexity index is 1410. The highest BCUT2D eigenvalue weighted by Gasteiger charge is 2.26. The molecule has 10 heteroatoms. The van der Waals surface area contributed by atoms with Crippen LogP contribution in [-0.2, 0) is 9.84 Å². The molecule has 166 valence electrons. The number of anilines is 1. The van der Waals surface area contributed by atoms with Crippen molar-refractivity contribution >= 4 is 53.7 Å². The third-order valence-electron chi connectivity index (χ3n) is 4.49. The number of carbonyl (C=O) groups excluding carboxylic acids is 1. The maximum absolute atomic E-state index is 13.3. The summed E-state index contributed by atoms with van der Waals surface area (Å²) in [5.74, 6) is -0.539. The van der Waals surface area contributed by atoms with Crippen LogP contribution >= 0.6 is 11.3 Å². The molecule has 0 atom stereocenters. The lowest BCUT2D eigenvalue weighted by molar-refractivity contribution is 0.0954. The van der Waals surface area contributed by atoms with Crippen LogP contribution in [-0.4, -0.2) is 30.1 Å². The van der Waals surface area contributed by atoms with Gasteiger partial charge in [-0.2, -0.15) is 10.2 Å². The number of thiazole rings is 1. The topological polar surface area (TPSA) is 113 Å². The number of carbonyl (C=O) groups is 1. The van der Waals surface area contributed by atoms with Crippen LogP contribution in [0.4, 0.5) is 5.69 Å². The fourth-order valence-corrected chi connectivity index (χ4v) is 5.07. The quantitative estimate of drug-likeness (QED) is 0.244. The third-order valence-corrected chi connectivity index (χ3v) is 7.31. The first-order chi connectivity index (χ1) is 15.9. The predicted molar refractivity (Wildman–Crippen MR) is 131 cm³/mol. The Morgan fingerprint density at radius 1 is 0.879 bits per heavy atom. The van der Waals surface area contributed by atoms with Gasteiger partial charge in [-0.1, -0.05) is 48.5 Å². The van der Waals surface area contributed by atoms with Gasteiger partial charge in [-0.15, -0.1) is 11.3 Å². The molecular weight excluding hydrogens is 458 g/mol. The van der Waals surface area contributed by atoms with Crippen LogP contribution in [0.25, 0.3) is 10.2 Å². The van der Waals surface area contributed by atoms with Crippen molar-refractivity contribution in [1.82, 2.24) is 10.4 Å². The number of hydrogen-bond acceptors (Lipinski definition) is 8. The molecule has 0 aliphatic carbocycles. The Balaban J connectivity index is 1.63. The van der Waals surface area contributed by atoms with Gasteiger partial charge in [0.05, 0.1) is 26.5 Å². The molecule has 3 aromatic carbocycles. The molecule has 0 fully saturated rings. The summed E-state index contributed by atoms with van der Waals surface area (Å²) in [6, 6.07) is 24.2. The predicted octanol–water partition coefficient (Wildman–Crippen LogP) is 4.30. The van der Waals surface area contributed by atoms with E-state index in [2.05, 4.69) is 26.0 Å². The van der Waals surface area contributed by atoms with Gasteiger partial charge in [0.25, 0.3) is 5.91 Å². The zero-order valence-corrected chi connectivity index (χ0v) is 19.1. The molecule has 33 heavy (non-hydrogen) atoms. The summed E-state index contributed by atoms with van der Waals surface area (Å²) in [4.78, 5) is 16.9. The lowest BCUT2D eigenvalue weighted by Gasteiger charge is -2.09. The van der Waals surface area contributed by atoms with Crippen molar-refractivity contribution < 1.29 is 13.2 Å². The Labute approximate surface area is 194 Å². The van der Waals surface area contributed by atoms with Crippen molar-refractivity contribution in [1.29, 1.82) is 0 Å². The molecule has 1 amide bonds. The van der Waals surface area contributed by atoms with Crippen molar-refractivity contribution in [2.75, 3.05) is 5.43 Å². The highest BCUT2D eigenvalue weighted by atomic mass is 32.2. The summed E-state index contributed by atoms with van der Waals surface area (Å²) < 4.78 is 27.4. The van der Waals surface area contributed by atoms with Crippen LogP contribution in [0.15, 0.2) is 100 Å². The van der Waals surface area contributed by atoms with E-state index >= 15 is 0 Å². The molecular formula is C23H19N5O3S2. The number of para-hydroxylation sites is 2. The molecule has 0 bridgehead atoms. The molecule has 0 aliphatic rings. The maximum atomic E-state index is 13.3. The van der Waals surface area contributed by atoms with Crippen molar-refractivity contribution in [3.63, 3.8) is 0 Å². The second-order valence-electron chi connectivity index (χ2n) is 6.84. The Morgan fingerprint density at radius 2 is 1.52 bits per heavy atom. The minimum atomic E-state index is -4.01. The van der Waals surface area contributed by atoms with Gasteiger partial charge in [0.1, 0.15) is 0 Å². The smallest absolute Gasteiger partial charge is 0.277 e. The van der Waals surface area contributed by atoms with Gasteiger partial charge in [0.15, 0.2) is 5.01 Å². The number of nitrogens with zero attached hydrogens (tertiary/aromatic N) is 3. The summed E-state index contributed by atoms with van der Waals surface area (Å²) in [7, 11) is -4.01. The molecule has 1 heterocycles. The van der Waals surface area contributed by atoms with Crippen LogP contribution in [0.3, 0.4) is 0 Å². The number of aromatic nitrogens is 1. The lowest BCUT2D eigenvalue weighted by atomic mass is 10.3. The van der Waals surface area contributed by atoms with Gasteiger partial charge in [-0.3, -0.25) is 10.2 Å². The van der Waals surface area contributed by atoms with Crippen LogP contribution in [0.5, 0.6) is 0 Å². The first-order valence-electron chi connectivity index (χ1n) is 9.84. The fraction of sp³-hybridized carbons (Fsp3) is 0.0435. The minimum absolute atomic E-state index is 0.0109. The number of amides is 1. The summed E-state index contributed by atoms with van der Waals surface area (Å²) in [5.41, 5.74) is 6.44. The summed E-state index contributed by atoms with van der Waals surface area (Å²) >= 11 is 1.22. The molecule has 1 aromatic heterocycles. The fourth-order valence-electron chi connectivity index (χ4n) is 2.87. The number of fused-ring (bicyclic) bond motifs is 1. The standard InChI is InChI=1S/C23H19N5O3S2/c1-16(25-27-21(29)22-24-19-14-8-9-15-20(19)32-22)23(28-26-17-10-4-2-5-11-17)33(30,31)18-12-6-3-7-13-18/h2-15,26H,1H3,(H,27,29)/b25-16+,28-23-. The van der Waals surface area contributed by atoms with Crippen LogP contribution in [0, 0.1) is 0 Å². The van der Waals surface area contributed by atoms with Crippen LogP contribution < -0.4 is 10.9 Å². The number of nitrogens with one attached hydrogen (secondary N) is 2. The Kier molecular flexibility index (Phi) is 6.57. The van der Waals surface area contributed by atoms with E-state index in [1.807, 2.05) is 30.3 Å². The van der Waals surface area contributed by atoms with Gasteiger partial charge >= 0.3 is 0 Å². The van der Waals surface area contributed by atoms with Crippen molar-refractivity contribution in [3.8, 4) is 0 Å². The van der Waals surface area contributed by atoms with Crippen LogP contribution in [0.1, 0.15) is 16.7 Å². The number of sulfone groups is 1. The summed E-state index contributed by atoms with van der Waals surface area (Å²) in [6.07, 6.45) is 0. The molecule has 4 rings (SSSR count). The number of hydrogen-bond donors (Lipinski definition) is 2. The second-order valence-corrected chi connectivity index (χ2v) is 9.73. The highest BCUT2D eigenvalue weighted by Crippen LogP contribution is 2.21. The normalized spacial score (nSPS) is 12.5. The summed E-state index contributed by atoms with van der Waals surface area (Å²) in [5, 5.41) is 8.02. The molecule has 4 aromatic rings. The molecule has 0 unspecified atom stereocenters. The van der Waals surface area contributed by atoms with Gasteiger partial charge in [-0.05, 0) is 43.3 Å². The van der Waals surface area contributed by atoms with E-state index in [0.717, 1.165) is 4.70 Å². The lowest BCUT2D eigenvalue weighted by Crippen LogP contribution is -2.28. The molecule has 0 radical (unpaired) electrons. The average molecular weight is 478 g/mol. The second kappa shape index (κ2) is 9.72. The third kappa shape index (κ3) is 5.13. The van der Waals surface area contributed by atoms with E-state index < -0.39 is 15.7 Å². The summed E-state index contributed by atoms with van der Waals surface area (Å²) in [6.45, 7) is 1.46. The zero-order valence-electron chi connectivity index (χ0n) is 17.5. The zero-order chi connectivity index (χ0) is 23.3. The Morgan fingerprint density at radius 3 is 2.21 bits per heavy atom. The van der Waals surface area contributed by atoms with Gasteiger partial charge in [-0.25, -0.2) is 18.8 Å². The Hall–Kier alpha value is -3.89. The molecule has 0 aliphatic heterocycles. The average Bonchev–Trinajstić information content (AvgIpc) is 3.28. The van der Waals surface area contributed by atoms with E-state index in [1.165, 1.54) is 30.4 Å². The van der Waals surface area contributed by atoms with E-state index in [-0.39, 0.29) is 20.7 Å². The largest absolute Gasteiger partial charge is 0.300 e. The van der Waals surface area contributed by atoms with E-state index in [4.69, 9.17) is 0 Å². The van der Waals surface area contributed by atoms with Gasteiger partial charge < -0.3 is 0 Å². The van der Waals surface area contributed by atoms with Crippen molar-refractivity contribution in [2.24, 2.45) is 10.2 Å². The van der Waals surface area contributed by atoms with Gasteiger partial charge in [0.2, 0.25) is 14.9 Å². The van der Waals surface area contributed by atoms with Gasteiger partial charge in [0, 0.05) is 0 Å².